The Morgan fingerprint density at radius 1 is 1.22 bits per heavy atom. The molecule has 0 radical (unpaired) electrons. The van der Waals surface area contributed by atoms with Gasteiger partial charge in [-0.1, -0.05) is 24.3 Å². The summed E-state index contributed by atoms with van der Waals surface area (Å²) in [5.41, 5.74) is 1.75. The number of carbonyl (C=O) groups is 2. The molecule has 1 fully saturated rings. The number of methoxy groups -OCH3 is 1. The van der Waals surface area contributed by atoms with Gasteiger partial charge in [-0.15, -0.1) is 0 Å². The van der Waals surface area contributed by atoms with Gasteiger partial charge in [-0.25, -0.2) is 0 Å². The third-order valence-corrected chi connectivity index (χ3v) is 5.76. The average Bonchev–Trinajstić information content (AvgIpc) is 3.14. The number of ether oxygens (including phenoxy) is 1. The predicted molar refractivity (Wildman–Crippen MR) is 113 cm³/mol. The van der Waals surface area contributed by atoms with Crippen LogP contribution in [-0.4, -0.2) is 43.0 Å². The number of amides is 2. The van der Waals surface area contributed by atoms with Crippen molar-refractivity contribution in [3.8, 4) is 5.75 Å². The Hall–Kier alpha value is -2.09. The summed E-state index contributed by atoms with van der Waals surface area (Å²) in [5, 5.41) is 2.76. The SMILES string of the molecule is COc1cccc(CC2CCCN2C(=O)CNC(=O)c2ccccc2I)c1. The fourth-order valence-corrected chi connectivity index (χ4v) is 4.08. The number of rotatable bonds is 6. The zero-order valence-electron chi connectivity index (χ0n) is 15.3. The maximum atomic E-state index is 12.7. The Bertz CT molecular complexity index is 825. The van der Waals surface area contributed by atoms with Crippen molar-refractivity contribution in [2.24, 2.45) is 0 Å². The second-order valence-corrected chi connectivity index (χ2v) is 7.76. The normalized spacial score (nSPS) is 16.2. The first-order valence-electron chi connectivity index (χ1n) is 9.03. The van der Waals surface area contributed by atoms with Crippen LogP contribution >= 0.6 is 22.6 Å². The van der Waals surface area contributed by atoms with Gasteiger partial charge in [0.1, 0.15) is 5.75 Å². The van der Waals surface area contributed by atoms with Crippen molar-refractivity contribution in [1.29, 1.82) is 0 Å². The Balaban J connectivity index is 1.58. The fourth-order valence-electron chi connectivity index (χ4n) is 3.45. The summed E-state index contributed by atoms with van der Waals surface area (Å²) in [5.74, 6) is 0.588. The van der Waals surface area contributed by atoms with Gasteiger partial charge in [0.05, 0.1) is 19.2 Å². The molecule has 1 atom stereocenters. The van der Waals surface area contributed by atoms with Crippen molar-refractivity contribution < 1.29 is 14.3 Å². The zero-order valence-corrected chi connectivity index (χ0v) is 17.4. The van der Waals surface area contributed by atoms with E-state index in [1.165, 1.54) is 0 Å². The van der Waals surface area contributed by atoms with Crippen LogP contribution in [0, 0.1) is 3.57 Å². The quantitative estimate of drug-likeness (QED) is 0.649. The van der Waals surface area contributed by atoms with Crippen LogP contribution < -0.4 is 10.1 Å². The van der Waals surface area contributed by atoms with E-state index in [1.807, 2.05) is 41.3 Å². The lowest BCUT2D eigenvalue weighted by Gasteiger charge is -2.25. The summed E-state index contributed by atoms with van der Waals surface area (Å²) in [4.78, 5) is 26.9. The molecular formula is C21H23IN2O3. The standard InChI is InChI=1S/C21H23IN2O3/c1-27-17-8-4-6-15(13-17)12-16-7-5-11-24(16)20(25)14-23-21(26)18-9-2-3-10-19(18)22/h2-4,6,8-10,13,16H,5,7,11-12,14H2,1H3,(H,23,26). The molecule has 2 aromatic carbocycles. The van der Waals surface area contributed by atoms with Gasteiger partial charge in [0.2, 0.25) is 5.91 Å². The van der Waals surface area contributed by atoms with E-state index in [-0.39, 0.29) is 24.4 Å². The predicted octanol–water partition coefficient (Wildman–Crippen LogP) is 3.26. The highest BCUT2D eigenvalue weighted by molar-refractivity contribution is 14.1. The first kappa shape index (κ1) is 19.7. The van der Waals surface area contributed by atoms with Crippen molar-refractivity contribution in [3.05, 3.63) is 63.2 Å². The highest BCUT2D eigenvalue weighted by Gasteiger charge is 2.29. The molecule has 5 nitrogen and oxygen atoms in total. The molecule has 1 aliphatic rings. The van der Waals surface area contributed by atoms with E-state index in [0.29, 0.717) is 5.56 Å². The molecule has 2 aromatic rings. The molecule has 2 amide bonds. The summed E-state index contributed by atoms with van der Waals surface area (Å²) >= 11 is 2.13. The molecule has 0 aromatic heterocycles. The van der Waals surface area contributed by atoms with Gasteiger partial charge in [-0.3, -0.25) is 9.59 Å². The third-order valence-electron chi connectivity index (χ3n) is 4.82. The molecular weight excluding hydrogens is 455 g/mol. The van der Waals surface area contributed by atoms with Gasteiger partial charge in [-0.05, 0) is 71.7 Å². The first-order valence-corrected chi connectivity index (χ1v) is 10.1. The van der Waals surface area contributed by atoms with E-state index in [0.717, 1.165) is 40.7 Å². The molecule has 142 valence electrons. The van der Waals surface area contributed by atoms with Crippen LogP contribution in [0.5, 0.6) is 5.75 Å². The summed E-state index contributed by atoms with van der Waals surface area (Å²) in [6.45, 7) is 0.768. The minimum Gasteiger partial charge on any atom is -0.497 e. The second-order valence-electron chi connectivity index (χ2n) is 6.60. The van der Waals surface area contributed by atoms with E-state index in [9.17, 15) is 9.59 Å². The van der Waals surface area contributed by atoms with E-state index in [4.69, 9.17) is 4.74 Å². The van der Waals surface area contributed by atoms with Gasteiger partial charge in [0.25, 0.3) is 5.91 Å². The van der Waals surface area contributed by atoms with E-state index in [2.05, 4.69) is 34.0 Å². The zero-order chi connectivity index (χ0) is 19.2. The number of benzene rings is 2. The van der Waals surface area contributed by atoms with E-state index >= 15 is 0 Å². The summed E-state index contributed by atoms with van der Waals surface area (Å²) in [6, 6.07) is 15.5. The van der Waals surface area contributed by atoms with Crippen LogP contribution in [0.25, 0.3) is 0 Å². The van der Waals surface area contributed by atoms with Crippen molar-refractivity contribution in [3.63, 3.8) is 0 Å². The van der Waals surface area contributed by atoms with Crippen LogP contribution in [0.2, 0.25) is 0 Å². The molecule has 0 spiro atoms. The van der Waals surface area contributed by atoms with Gasteiger partial charge in [-0.2, -0.15) is 0 Å². The van der Waals surface area contributed by atoms with E-state index < -0.39 is 0 Å². The van der Waals surface area contributed by atoms with Crippen molar-refractivity contribution >= 4 is 34.4 Å². The Morgan fingerprint density at radius 3 is 2.81 bits per heavy atom. The minimum absolute atomic E-state index is 0.0262. The molecule has 1 aliphatic heterocycles. The molecule has 6 heteroatoms. The Morgan fingerprint density at radius 2 is 2.04 bits per heavy atom. The lowest BCUT2D eigenvalue weighted by Crippen LogP contribution is -2.43. The highest BCUT2D eigenvalue weighted by atomic mass is 127. The smallest absolute Gasteiger partial charge is 0.252 e. The maximum absolute atomic E-state index is 12.7. The lowest BCUT2D eigenvalue weighted by atomic mass is 10.0. The van der Waals surface area contributed by atoms with Crippen molar-refractivity contribution in [2.45, 2.75) is 25.3 Å². The monoisotopic (exact) mass is 478 g/mol. The Labute approximate surface area is 173 Å². The lowest BCUT2D eigenvalue weighted by molar-refractivity contribution is -0.130. The molecule has 0 aliphatic carbocycles. The molecule has 1 N–H and O–H groups in total. The number of hydrogen-bond acceptors (Lipinski definition) is 3. The largest absolute Gasteiger partial charge is 0.497 e. The van der Waals surface area contributed by atoms with Gasteiger partial charge in [0, 0.05) is 16.2 Å². The van der Waals surface area contributed by atoms with Crippen LogP contribution in [0.1, 0.15) is 28.8 Å². The van der Waals surface area contributed by atoms with Gasteiger partial charge < -0.3 is 15.0 Å². The molecule has 0 bridgehead atoms. The number of nitrogens with zero attached hydrogens (tertiary/aromatic N) is 1. The number of likely N-dealkylation sites (tertiary alicyclic amines) is 1. The number of carbonyl (C=O) groups excluding carboxylic acids is 2. The van der Waals surface area contributed by atoms with Crippen molar-refractivity contribution in [1.82, 2.24) is 10.2 Å². The van der Waals surface area contributed by atoms with Crippen molar-refractivity contribution in [2.75, 3.05) is 20.2 Å². The summed E-state index contributed by atoms with van der Waals surface area (Å²) < 4.78 is 6.15. The van der Waals surface area contributed by atoms with Crippen LogP contribution in [0.4, 0.5) is 0 Å². The van der Waals surface area contributed by atoms with Crippen LogP contribution in [0.3, 0.4) is 0 Å². The molecule has 27 heavy (non-hydrogen) atoms. The Kier molecular flexibility index (Phi) is 6.71. The third kappa shape index (κ3) is 5.00. The van der Waals surface area contributed by atoms with Gasteiger partial charge >= 0.3 is 0 Å². The second kappa shape index (κ2) is 9.21. The molecule has 1 heterocycles. The average molecular weight is 478 g/mol. The van der Waals surface area contributed by atoms with Crippen LogP contribution in [0.15, 0.2) is 48.5 Å². The summed E-state index contributed by atoms with van der Waals surface area (Å²) in [7, 11) is 1.65. The molecule has 3 rings (SSSR count). The topological polar surface area (TPSA) is 58.6 Å². The highest BCUT2D eigenvalue weighted by Crippen LogP contribution is 2.23. The maximum Gasteiger partial charge on any atom is 0.252 e. The molecule has 1 unspecified atom stereocenters. The fraction of sp³-hybridized carbons (Fsp3) is 0.333. The molecule has 1 saturated heterocycles. The first-order chi connectivity index (χ1) is 13.1. The van der Waals surface area contributed by atoms with Crippen LogP contribution in [-0.2, 0) is 11.2 Å². The number of nitrogens with one attached hydrogen (secondary N) is 1. The number of hydrogen-bond donors (Lipinski definition) is 1. The molecule has 0 saturated carbocycles. The number of halogens is 1. The minimum atomic E-state index is -0.211. The van der Waals surface area contributed by atoms with E-state index in [1.54, 1.807) is 13.2 Å². The summed E-state index contributed by atoms with van der Waals surface area (Å²) in [6.07, 6.45) is 2.77. The van der Waals surface area contributed by atoms with Gasteiger partial charge in [0.15, 0.2) is 0 Å².